The van der Waals surface area contributed by atoms with Gasteiger partial charge < -0.3 is 5.32 Å². The number of thiazole rings is 1. The van der Waals surface area contributed by atoms with Crippen molar-refractivity contribution in [3.8, 4) is 0 Å². The number of pyridine rings is 1. The van der Waals surface area contributed by atoms with Crippen molar-refractivity contribution < 1.29 is 4.79 Å². The summed E-state index contributed by atoms with van der Waals surface area (Å²) in [6.07, 6.45) is 0. The van der Waals surface area contributed by atoms with Gasteiger partial charge in [-0.3, -0.25) is 4.79 Å². The molecule has 0 aliphatic heterocycles. The minimum Gasteiger partial charge on any atom is -0.346 e. The van der Waals surface area contributed by atoms with Gasteiger partial charge in [0.15, 0.2) is 0 Å². The average Bonchev–Trinajstić information content (AvgIpc) is 2.88. The highest BCUT2D eigenvalue weighted by atomic mass is 35.5. The topological polar surface area (TPSA) is 54.9 Å². The maximum Gasteiger partial charge on any atom is 0.251 e. The van der Waals surface area contributed by atoms with Crippen molar-refractivity contribution in [3.05, 3.63) is 45.1 Å². The number of aromatic nitrogens is 2. The van der Waals surface area contributed by atoms with E-state index >= 15 is 0 Å². The highest BCUT2D eigenvalue weighted by molar-refractivity contribution is 7.07. The molecule has 0 radical (unpaired) electrons. The normalized spacial score (nSPS) is 10.7. The molecule has 4 nitrogen and oxygen atoms in total. The second-order valence-corrected chi connectivity index (χ2v) is 5.53. The van der Waals surface area contributed by atoms with E-state index in [9.17, 15) is 4.79 Å². The molecule has 2 rings (SSSR count). The van der Waals surface area contributed by atoms with E-state index in [2.05, 4.69) is 15.3 Å². The molecule has 0 unspecified atom stereocenters. The summed E-state index contributed by atoms with van der Waals surface area (Å²) in [4.78, 5) is 20.4. The van der Waals surface area contributed by atoms with Gasteiger partial charge in [-0.1, -0.05) is 25.4 Å². The fourth-order valence-electron chi connectivity index (χ4n) is 1.54. The highest BCUT2D eigenvalue weighted by Crippen LogP contribution is 2.17. The number of carbonyl (C=O) groups is 1. The fourth-order valence-corrected chi connectivity index (χ4v) is 2.32. The number of carbonyl (C=O) groups excluding carboxylic acids is 1. The number of hydrogen-bond acceptors (Lipinski definition) is 4. The average molecular weight is 296 g/mol. The van der Waals surface area contributed by atoms with Gasteiger partial charge in [0.25, 0.3) is 5.91 Å². The van der Waals surface area contributed by atoms with Gasteiger partial charge in [-0.25, -0.2) is 9.97 Å². The van der Waals surface area contributed by atoms with Crippen LogP contribution in [0, 0.1) is 0 Å². The first-order valence-corrected chi connectivity index (χ1v) is 7.21. The fraction of sp³-hybridized carbons (Fsp3) is 0.308. The quantitative estimate of drug-likeness (QED) is 0.881. The first kappa shape index (κ1) is 14.0. The number of nitrogens with one attached hydrogen (secondary N) is 1. The summed E-state index contributed by atoms with van der Waals surface area (Å²) < 4.78 is 0. The lowest BCUT2D eigenvalue weighted by atomic mass is 10.1. The summed E-state index contributed by atoms with van der Waals surface area (Å²) in [5.74, 6) is 0.0583. The van der Waals surface area contributed by atoms with Gasteiger partial charge in [0.05, 0.1) is 17.7 Å². The molecule has 2 heterocycles. The minimum absolute atomic E-state index is 0.167. The second-order valence-electron chi connectivity index (χ2n) is 4.42. The Kier molecular flexibility index (Phi) is 4.50. The Morgan fingerprint density at radius 2 is 2.26 bits per heavy atom. The molecule has 0 spiro atoms. The van der Waals surface area contributed by atoms with Crippen molar-refractivity contribution in [1.82, 2.24) is 15.3 Å². The van der Waals surface area contributed by atoms with Gasteiger partial charge >= 0.3 is 0 Å². The summed E-state index contributed by atoms with van der Waals surface area (Å²) in [7, 11) is 0. The molecule has 1 amide bonds. The zero-order valence-electron chi connectivity index (χ0n) is 10.7. The highest BCUT2D eigenvalue weighted by Gasteiger charge is 2.11. The van der Waals surface area contributed by atoms with Crippen LogP contribution >= 0.6 is 22.9 Å². The van der Waals surface area contributed by atoms with Crippen molar-refractivity contribution in [3.63, 3.8) is 0 Å². The van der Waals surface area contributed by atoms with E-state index < -0.39 is 0 Å². The molecular formula is C13H14ClN3OS. The number of halogens is 1. The Balaban J connectivity index is 2.10. The summed E-state index contributed by atoms with van der Waals surface area (Å²) in [5, 5.41) is 5.05. The lowest BCUT2D eigenvalue weighted by Crippen LogP contribution is -2.23. The van der Waals surface area contributed by atoms with Crippen LogP contribution in [0.2, 0.25) is 5.15 Å². The van der Waals surface area contributed by atoms with Gasteiger partial charge in [0.1, 0.15) is 5.15 Å². The van der Waals surface area contributed by atoms with Crippen molar-refractivity contribution in [2.75, 3.05) is 0 Å². The third kappa shape index (κ3) is 3.75. The van der Waals surface area contributed by atoms with Crippen molar-refractivity contribution in [2.24, 2.45) is 0 Å². The van der Waals surface area contributed by atoms with Crippen molar-refractivity contribution in [1.29, 1.82) is 0 Å². The second kappa shape index (κ2) is 6.12. The molecule has 0 saturated heterocycles. The van der Waals surface area contributed by atoms with Crippen LogP contribution in [0.1, 0.15) is 41.5 Å². The van der Waals surface area contributed by atoms with E-state index in [0.717, 1.165) is 11.4 Å². The van der Waals surface area contributed by atoms with Crippen LogP contribution in [0.4, 0.5) is 0 Å². The third-order valence-corrected chi connectivity index (χ3v) is 3.41. The number of nitrogens with zero attached hydrogens (tertiary/aromatic N) is 2. The number of amides is 1. The lowest BCUT2D eigenvalue weighted by molar-refractivity contribution is 0.0950. The SMILES string of the molecule is CC(C)c1cc(C(=O)NCc2cscn2)cc(Cl)n1. The van der Waals surface area contributed by atoms with Gasteiger partial charge in [0.2, 0.25) is 0 Å². The standard InChI is InChI=1S/C13H14ClN3OS/c1-8(2)11-3-9(4-12(14)17-11)13(18)15-5-10-6-19-7-16-10/h3-4,6-8H,5H2,1-2H3,(H,15,18). The van der Waals surface area contributed by atoms with Crippen LogP contribution in [0.3, 0.4) is 0 Å². The molecule has 0 saturated carbocycles. The van der Waals surface area contributed by atoms with Crippen LogP contribution < -0.4 is 5.32 Å². The predicted octanol–water partition coefficient (Wildman–Crippen LogP) is 3.24. The van der Waals surface area contributed by atoms with E-state index in [1.807, 2.05) is 19.2 Å². The monoisotopic (exact) mass is 295 g/mol. The van der Waals surface area contributed by atoms with Crippen LogP contribution in [0.5, 0.6) is 0 Å². The molecule has 19 heavy (non-hydrogen) atoms. The molecule has 0 aliphatic carbocycles. The van der Waals surface area contributed by atoms with Crippen molar-refractivity contribution >= 4 is 28.8 Å². The van der Waals surface area contributed by atoms with E-state index in [4.69, 9.17) is 11.6 Å². The largest absolute Gasteiger partial charge is 0.346 e. The van der Waals surface area contributed by atoms with Gasteiger partial charge in [0, 0.05) is 16.6 Å². The van der Waals surface area contributed by atoms with Crippen molar-refractivity contribution in [2.45, 2.75) is 26.3 Å². The molecule has 1 N–H and O–H groups in total. The molecule has 0 aromatic carbocycles. The summed E-state index contributed by atoms with van der Waals surface area (Å²) in [6.45, 7) is 4.44. The maximum atomic E-state index is 12.0. The Morgan fingerprint density at radius 1 is 1.47 bits per heavy atom. The van der Waals surface area contributed by atoms with E-state index in [1.54, 1.807) is 17.6 Å². The number of hydrogen-bond donors (Lipinski definition) is 1. The van der Waals surface area contributed by atoms with Crippen LogP contribution in [-0.2, 0) is 6.54 Å². The molecule has 0 bridgehead atoms. The first-order chi connectivity index (χ1) is 9.06. The third-order valence-electron chi connectivity index (χ3n) is 2.58. The molecule has 0 fully saturated rings. The Hall–Kier alpha value is -1.46. The molecule has 100 valence electrons. The molecular weight excluding hydrogens is 282 g/mol. The molecule has 0 aliphatic rings. The van der Waals surface area contributed by atoms with Gasteiger partial charge in [-0.15, -0.1) is 11.3 Å². The Morgan fingerprint density at radius 3 is 2.89 bits per heavy atom. The summed E-state index contributed by atoms with van der Waals surface area (Å²) >= 11 is 7.44. The molecule has 2 aromatic heterocycles. The first-order valence-electron chi connectivity index (χ1n) is 5.89. The van der Waals surface area contributed by atoms with E-state index in [-0.39, 0.29) is 11.8 Å². The van der Waals surface area contributed by atoms with Crippen LogP contribution in [0.25, 0.3) is 0 Å². The zero-order chi connectivity index (χ0) is 13.8. The predicted molar refractivity (Wildman–Crippen MR) is 76.6 cm³/mol. The maximum absolute atomic E-state index is 12.0. The van der Waals surface area contributed by atoms with E-state index in [1.165, 1.54) is 11.3 Å². The number of rotatable bonds is 4. The Bertz CT molecular complexity index is 569. The van der Waals surface area contributed by atoms with Crippen LogP contribution in [0.15, 0.2) is 23.0 Å². The summed E-state index contributed by atoms with van der Waals surface area (Å²) in [5.41, 5.74) is 3.93. The van der Waals surface area contributed by atoms with E-state index in [0.29, 0.717) is 17.3 Å². The Labute approximate surface area is 120 Å². The molecule has 6 heteroatoms. The van der Waals surface area contributed by atoms with Gasteiger partial charge in [-0.05, 0) is 18.1 Å². The lowest BCUT2D eigenvalue weighted by Gasteiger charge is -2.08. The molecule has 0 atom stereocenters. The molecule has 2 aromatic rings. The zero-order valence-corrected chi connectivity index (χ0v) is 12.3. The van der Waals surface area contributed by atoms with Gasteiger partial charge in [-0.2, -0.15) is 0 Å². The smallest absolute Gasteiger partial charge is 0.251 e. The minimum atomic E-state index is -0.167. The summed E-state index contributed by atoms with van der Waals surface area (Å²) in [6, 6.07) is 3.34. The van der Waals surface area contributed by atoms with Crippen LogP contribution in [-0.4, -0.2) is 15.9 Å².